The van der Waals surface area contributed by atoms with E-state index in [1.807, 2.05) is 42.5 Å². The van der Waals surface area contributed by atoms with Crippen LogP contribution in [0, 0.1) is 0 Å². The van der Waals surface area contributed by atoms with Gasteiger partial charge in [0.05, 0.1) is 23.3 Å². The fourth-order valence-corrected chi connectivity index (χ4v) is 3.26. The van der Waals surface area contributed by atoms with Crippen LogP contribution in [0.25, 0.3) is 10.8 Å². The highest BCUT2D eigenvalue weighted by atomic mass is 35.5. The minimum absolute atomic E-state index is 0.0566. The van der Waals surface area contributed by atoms with Gasteiger partial charge in [-0.25, -0.2) is 0 Å². The summed E-state index contributed by atoms with van der Waals surface area (Å²) in [6, 6.07) is 17.9. The van der Waals surface area contributed by atoms with E-state index in [9.17, 15) is 9.59 Å². The summed E-state index contributed by atoms with van der Waals surface area (Å²) >= 11 is 12.1. The van der Waals surface area contributed by atoms with Crippen molar-refractivity contribution in [2.45, 2.75) is 13.0 Å². The molecule has 0 saturated heterocycles. The molecule has 3 aromatic carbocycles. The lowest BCUT2D eigenvalue weighted by atomic mass is 10.1. The van der Waals surface area contributed by atoms with Crippen molar-refractivity contribution in [3.63, 3.8) is 0 Å². The number of rotatable bonds is 6. The van der Waals surface area contributed by atoms with E-state index >= 15 is 0 Å². The van der Waals surface area contributed by atoms with Crippen LogP contribution in [0.5, 0.6) is 0 Å². The number of hydrogen-bond acceptors (Lipinski definition) is 3. The van der Waals surface area contributed by atoms with Crippen molar-refractivity contribution in [2.75, 3.05) is 24.2 Å². The second-order valence-electron chi connectivity index (χ2n) is 6.78. The third-order valence-electron chi connectivity index (χ3n) is 4.68. The lowest BCUT2D eigenvalue weighted by Gasteiger charge is -2.23. The van der Waals surface area contributed by atoms with Crippen LogP contribution in [-0.4, -0.2) is 36.3 Å². The standard InChI is InChI=1S/C22H21Cl2N3O2/c1-14(22(29)26-20-12-16(23)10-11-18(20)24)27(2)13-21(28)25-19-9-5-7-15-6-3-4-8-17(15)19/h3-12,14H,13H2,1-2H3,(H,25,28)(H,26,29). The molecule has 0 aromatic heterocycles. The van der Waals surface area contributed by atoms with Crippen LogP contribution in [0.15, 0.2) is 60.7 Å². The van der Waals surface area contributed by atoms with Gasteiger partial charge in [0, 0.05) is 16.1 Å². The Labute approximate surface area is 179 Å². The number of benzene rings is 3. The topological polar surface area (TPSA) is 61.4 Å². The highest BCUT2D eigenvalue weighted by Gasteiger charge is 2.21. The van der Waals surface area contributed by atoms with E-state index in [1.54, 1.807) is 37.1 Å². The highest BCUT2D eigenvalue weighted by molar-refractivity contribution is 6.35. The molecule has 1 atom stereocenters. The van der Waals surface area contributed by atoms with Crippen LogP contribution in [0.3, 0.4) is 0 Å². The Morgan fingerprint density at radius 3 is 2.48 bits per heavy atom. The normalized spacial score (nSPS) is 12.0. The first-order valence-electron chi connectivity index (χ1n) is 9.09. The zero-order valence-electron chi connectivity index (χ0n) is 16.1. The maximum atomic E-state index is 12.5. The highest BCUT2D eigenvalue weighted by Crippen LogP contribution is 2.26. The molecule has 2 amide bonds. The van der Waals surface area contributed by atoms with Gasteiger partial charge in [-0.05, 0) is 43.6 Å². The van der Waals surface area contributed by atoms with Crippen LogP contribution in [-0.2, 0) is 9.59 Å². The molecule has 0 aliphatic heterocycles. The zero-order chi connectivity index (χ0) is 21.0. The summed E-state index contributed by atoms with van der Waals surface area (Å²) < 4.78 is 0. The molecule has 0 bridgehead atoms. The van der Waals surface area contributed by atoms with Crippen molar-refractivity contribution in [3.8, 4) is 0 Å². The summed E-state index contributed by atoms with van der Waals surface area (Å²) in [6.45, 7) is 1.78. The lowest BCUT2D eigenvalue weighted by molar-refractivity contribution is -0.122. The number of likely N-dealkylation sites (N-methyl/N-ethyl adjacent to an activating group) is 1. The van der Waals surface area contributed by atoms with Gasteiger partial charge in [-0.2, -0.15) is 0 Å². The molecule has 0 aliphatic carbocycles. The quantitative estimate of drug-likeness (QED) is 0.576. The van der Waals surface area contributed by atoms with E-state index in [1.165, 1.54) is 0 Å². The summed E-state index contributed by atoms with van der Waals surface area (Å²) in [5.74, 6) is -0.487. The predicted octanol–water partition coefficient (Wildman–Crippen LogP) is 5.04. The first-order valence-corrected chi connectivity index (χ1v) is 9.84. The average molecular weight is 430 g/mol. The second-order valence-corrected chi connectivity index (χ2v) is 7.62. The minimum atomic E-state index is -0.552. The Morgan fingerprint density at radius 2 is 1.69 bits per heavy atom. The maximum Gasteiger partial charge on any atom is 0.241 e. The number of nitrogens with one attached hydrogen (secondary N) is 2. The third-order valence-corrected chi connectivity index (χ3v) is 5.25. The molecule has 29 heavy (non-hydrogen) atoms. The van der Waals surface area contributed by atoms with Crippen molar-refractivity contribution in [1.82, 2.24) is 4.90 Å². The van der Waals surface area contributed by atoms with Gasteiger partial charge in [-0.15, -0.1) is 0 Å². The van der Waals surface area contributed by atoms with Gasteiger partial charge in [0.15, 0.2) is 0 Å². The van der Waals surface area contributed by atoms with Gasteiger partial charge in [0.2, 0.25) is 11.8 Å². The van der Waals surface area contributed by atoms with Crippen LogP contribution < -0.4 is 10.6 Å². The van der Waals surface area contributed by atoms with Gasteiger partial charge in [-0.3, -0.25) is 14.5 Å². The molecule has 0 radical (unpaired) electrons. The smallest absolute Gasteiger partial charge is 0.241 e. The van der Waals surface area contributed by atoms with Crippen LogP contribution in [0.4, 0.5) is 11.4 Å². The Morgan fingerprint density at radius 1 is 0.966 bits per heavy atom. The molecular formula is C22H21Cl2N3O2. The number of nitrogens with zero attached hydrogens (tertiary/aromatic N) is 1. The second kappa shape index (κ2) is 9.27. The monoisotopic (exact) mass is 429 g/mol. The summed E-state index contributed by atoms with van der Waals surface area (Å²) in [4.78, 5) is 26.7. The number of hydrogen-bond donors (Lipinski definition) is 2. The third kappa shape index (κ3) is 5.26. The molecule has 0 aliphatic rings. The molecule has 1 unspecified atom stereocenters. The minimum Gasteiger partial charge on any atom is -0.324 e. The first-order chi connectivity index (χ1) is 13.8. The Kier molecular flexibility index (Phi) is 6.75. The number of amides is 2. The van der Waals surface area contributed by atoms with Crippen molar-refractivity contribution >= 4 is 57.2 Å². The van der Waals surface area contributed by atoms with Gasteiger partial charge in [-0.1, -0.05) is 59.6 Å². The average Bonchev–Trinajstić information content (AvgIpc) is 2.70. The summed E-state index contributed by atoms with van der Waals surface area (Å²) in [5.41, 5.74) is 1.17. The van der Waals surface area contributed by atoms with Gasteiger partial charge in [0.25, 0.3) is 0 Å². The molecule has 0 heterocycles. The largest absolute Gasteiger partial charge is 0.324 e. The SMILES string of the molecule is CC(C(=O)Nc1cc(Cl)ccc1Cl)N(C)CC(=O)Nc1cccc2ccccc12. The molecule has 7 heteroatoms. The number of carbonyl (C=O) groups excluding carboxylic acids is 2. The molecule has 0 spiro atoms. The van der Waals surface area contributed by atoms with Gasteiger partial charge < -0.3 is 10.6 Å². The van der Waals surface area contributed by atoms with E-state index in [2.05, 4.69) is 10.6 Å². The van der Waals surface area contributed by atoms with Crippen LogP contribution in [0.1, 0.15) is 6.92 Å². The van der Waals surface area contributed by atoms with Crippen molar-refractivity contribution in [2.24, 2.45) is 0 Å². The molecule has 5 nitrogen and oxygen atoms in total. The van der Waals surface area contributed by atoms with E-state index in [-0.39, 0.29) is 18.4 Å². The summed E-state index contributed by atoms with van der Waals surface area (Å²) in [5, 5.41) is 8.55. The number of fused-ring (bicyclic) bond motifs is 1. The van der Waals surface area contributed by atoms with Gasteiger partial charge in [0.1, 0.15) is 0 Å². The fourth-order valence-electron chi connectivity index (χ4n) is 2.92. The number of halogens is 2. The summed E-state index contributed by atoms with van der Waals surface area (Å²) in [7, 11) is 1.71. The first kappa shape index (κ1) is 21.1. The Hall–Kier alpha value is -2.60. The molecule has 3 rings (SSSR count). The molecule has 3 aromatic rings. The molecule has 150 valence electrons. The van der Waals surface area contributed by atoms with Crippen molar-refractivity contribution < 1.29 is 9.59 Å². The molecule has 2 N–H and O–H groups in total. The Bertz CT molecular complexity index is 1050. The number of anilines is 2. The van der Waals surface area contributed by atoms with Gasteiger partial charge >= 0.3 is 0 Å². The zero-order valence-corrected chi connectivity index (χ0v) is 17.6. The fraction of sp³-hybridized carbons (Fsp3) is 0.182. The van der Waals surface area contributed by atoms with E-state index in [0.717, 1.165) is 16.5 Å². The van der Waals surface area contributed by atoms with E-state index in [0.29, 0.717) is 15.7 Å². The maximum absolute atomic E-state index is 12.5. The lowest BCUT2D eigenvalue weighted by Crippen LogP contribution is -2.43. The van der Waals surface area contributed by atoms with Crippen LogP contribution in [0.2, 0.25) is 10.0 Å². The van der Waals surface area contributed by atoms with Crippen molar-refractivity contribution in [3.05, 3.63) is 70.7 Å². The molecule has 0 fully saturated rings. The molecular weight excluding hydrogens is 409 g/mol. The summed E-state index contributed by atoms with van der Waals surface area (Å²) in [6.07, 6.45) is 0. The van der Waals surface area contributed by atoms with E-state index < -0.39 is 6.04 Å². The van der Waals surface area contributed by atoms with Crippen LogP contribution >= 0.6 is 23.2 Å². The molecule has 0 saturated carbocycles. The van der Waals surface area contributed by atoms with E-state index in [4.69, 9.17) is 23.2 Å². The number of carbonyl (C=O) groups is 2. The predicted molar refractivity (Wildman–Crippen MR) is 120 cm³/mol. The van der Waals surface area contributed by atoms with Crippen molar-refractivity contribution in [1.29, 1.82) is 0 Å². The Balaban J connectivity index is 1.62.